The van der Waals surface area contributed by atoms with Crippen LogP contribution < -0.4 is 4.74 Å². The lowest BCUT2D eigenvalue weighted by molar-refractivity contribution is 0.0423. The van der Waals surface area contributed by atoms with Gasteiger partial charge in [0.25, 0.3) is 5.91 Å². The van der Waals surface area contributed by atoms with E-state index in [0.717, 1.165) is 16.5 Å². The van der Waals surface area contributed by atoms with Gasteiger partial charge in [-0.05, 0) is 31.5 Å². The summed E-state index contributed by atoms with van der Waals surface area (Å²) in [6, 6.07) is 3.86. The fraction of sp³-hybridized carbons (Fsp3) is 0.438. The number of amides is 1. The molecule has 0 atom stereocenters. The quantitative estimate of drug-likeness (QED) is 0.872. The van der Waals surface area contributed by atoms with Crippen LogP contribution in [0.1, 0.15) is 21.7 Å². The Labute approximate surface area is 122 Å². The first-order chi connectivity index (χ1) is 10.0. The summed E-state index contributed by atoms with van der Waals surface area (Å²) in [5, 5.41) is 0.887. The Morgan fingerprint density at radius 1 is 1.43 bits per heavy atom. The predicted molar refractivity (Wildman–Crippen MR) is 77.6 cm³/mol. The number of furan rings is 1. The maximum atomic E-state index is 12.5. The zero-order valence-corrected chi connectivity index (χ0v) is 12.4. The van der Waals surface area contributed by atoms with Gasteiger partial charge in [0.15, 0.2) is 17.1 Å². The SMILES string of the molecule is COc1cc(C)cc2c(C)c(C(=O)N3CC(CF)C3)oc12. The van der Waals surface area contributed by atoms with Gasteiger partial charge in [-0.1, -0.05) is 0 Å². The zero-order valence-electron chi connectivity index (χ0n) is 12.4. The molecule has 1 aliphatic heterocycles. The molecule has 1 saturated heterocycles. The van der Waals surface area contributed by atoms with Crippen molar-refractivity contribution in [3.05, 3.63) is 29.0 Å². The van der Waals surface area contributed by atoms with Crippen LogP contribution in [0.25, 0.3) is 11.0 Å². The first-order valence-electron chi connectivity index (χ1n) is 6.98. The minimum absolute atomic E-state index is 0.0320. The van der Waals surface area contributed by atoms with Crippen molar-refractivity contribution in [2.75, 3.05) is 26.9 Å². The molecule has 1 aromatic carbocycles. The molecule has 0 radical (unpaired) electrons. The van der Waals surface area contributed by atoms with Crippen molar-refractivity contribution in [1.82, 2.24) is 4.90 Å². The molecule has 0 N–H and O–H groups in total. The highest BCUT2D eigenvalue weighted by Crippen LogP contribution is 2.35. The van der Waals surface area contributed by atoms with Crippen LogP contribution in [0.2, 0.25) is 0 Å². The molecule has 1 fully saturated rings. The van der Waals surface area contributed by atoms with Gasteiger partial charge in [-0.2, -0.15) is 0 Å². The Bertz CT molecular complexity index is 701. The first-order valence-corrected chi connectivity index (χ1v) is 6.98. The summed E-state index contributed by atoms with van der Waals surface area (Å²) in [7, 11) is 1.58. The van der Waals surface area contributed by atoms with Crippen LogP contribution in [0.5, 0.6) is 5.75 Å². The second kappa shape index (κ2) is 5.06. The van der Waals surface area contributed by atoms with E-state index in [9.17, 15) is 9.18 Å². The molecule has 21 heavy (non-hydrogen) atoms. The average Bonchev–Trinajstić information content (AvgIpc) is 2.74. The van der Waals surface area contributed by atoms with Crippen LogP contribution in [-0.2, 0) is 0 Å². The molecule has 5 heteroatoms. The number of hydrogen-bond donors (Lipinski definition) is 0. The Balaban J connectivity index is 2.00. The smallest absolute Gasteiger partial charge is 0.289 e. The van der Waals surface area contributed by atoms with E-state index in [2.05, 4.69) is 0 Å². The summed E-state index contributed by atoms with van der Waals surface area (Å²) in [5.74, 6) is 0.743. The number of halogens is 1. The summed E-state index contributed by atoms with van der Waals surface area (Å²) in [5.41, 5.74) is 2.44. The van der Waals surface area contributed by atoms with Crippen molar-refractivity contribution in [2.45, 2.75) is 13.8 Å². The highest BCUT2D eigenvalue weighted by atomic mass is 19.1. The molecule has 1 aliphatic rings. The first kappa shape index (κ1) is 13.9. The van der Waals surface area contributed by atoms with E-state index in [1.807, 2.05) is 26.0 Å². The number of likely N-dealkylation sites (tertiary alicyclic amines) is 1. The second-order valence-corrected chi connectivity index (χ2v) is 5.63. The molecular formula is C16H18FNO3. The molecule has 1 aromatic heterocycles. The molecule has 0 bridgehead atoms. The standard InChI is InChI=1S/C16H18FNO3/c1-9-4-12-10(2)14(21-15(12)13(5-9)20-3)16(19)18-7-11(6-17)8-18/h4-5,11H,6-8H2,1-3H3. The Hall–Kier alpha value is -2.04. The fourth-order valence-corrected chi connectivity index (χ4v) is 2.76. The Kier molecular flexibility index (Phi) is 3.35. The molecule has 2 heterocycles. The monoisotopic (exact) mass is 291 g/mol. The van der Waals surface area contributed by atoms with Crippen LogP contribution in [0.15, 0.2) is 16.5 Å². The van der Waals surface area contributed by atoms with Crippen LogP contribution in [0.4, 0.5) is 4.39 Å². The third-order valence-corrected chi connectivity index (χ3v) is 4.02. The number of methoxy groups -OCH3 is 1. The zero-order chi connectivity index (χ0) is 15.1. The van der Waals surface area contributed by atoms with Crippen LogP contribution in [0.3, 0.4) is 0 Å². The summed E-state index contributed by atoms with van der Waals surface area (Å²) in [6.45, 7) is 4.38. The van der Waals surface area contributed by atoms with E-state index in [-0.39, 0.29) is 18.5 Å². The summed E-state index contributed by atoms with van der Waals surface area (Å²) < 4.78 is 23.6. The number of rotatable bonds is 3. The minimum Gasteiger partial charge on any atom is -0.493 e. The molecule has 3 rings (SSSR count). The van der Waals surface area contributed by atoms with E-state index in [4.69, 9.17) is 9.15 Å². The number of aryl methyl sites for hydroxylation is 2. The van der Waals surface area contributed by atoms with Crippen molar-refractivity contribution < 1.29 is 18.3 Å². The van der Waals surface area contributed by atoms with Crippen molar-refractivity contribution in [2.24, 2.45) is 5.92 Å². The van der Waals surface area contributed by atoms with Crippen LogP contribution in [-0.4, -0.2) is 37.7 Å². The number of carbonyl (C=O) groups is 1. The highest BCUT2D eigenvalue weighted by molar-refractivity contribution is 6.00. The van der Waals surface area contributed by atoms with Gasteiger partial charge in [-0.15, -0.1) is 0 Å². The molecular weight excluding hydrogens is 273 g/mol. The number of fused-ring (bicyclic) bond motifs is 1. The third kappa shape index (κ3) is 2.17. The van der Waals surface area contributed by atoms with Crippen LogP contribution >= 0.6 is 0 Å². The lowest BCUT2D eigenvalue weighted by Crippen LogP contribution is -2.50. The van der Waals surface area contributed by atoms with Gasteiger partial charge in [-0.25, -0.2) is 0 Å². The van der Waals surface area contributed by atoms with Gasteiger partial charge in [-0.3, -0.25) is 9.18 Å². The van der Waals surface area contributed by atoms with Gasteiger partial charge in [0.05, 0.1) is 13.8 Å². The minimum atomic E-state index is -0.379. The van der Waals surface area contributed by atoms with Crippen molar-refractivity contribution >= 4 is 16.9 Å². The summed E-state index contributed by atoms with van der Waals surface area (Å²) in [6.07, 6.45) is 0. The van der Waals surface area contributed by atoms with Gasteiger partial charge < -0.3 is 14.1 Å². The molecule has 2 aromatic rings. The lowest BCUT2D eigenvalue weighted by Gasteiger charge is -2.37. The molecule has 0 spiro atoms. The number of ether oxygens (including phenoxy) is 1. The second-order valence-electron chi connectivity index (χ2n) is 5.63. The Morgan fingerprint density at radius 2 is 2.14 bits per heavy atom. The van der Waals surface area contributed by atoms with Crippen molar-refractivity contribution in [3.8, 4) is 5.75 Å². The number of nitrogens with zero attached hydrogens (tertiary/aromatic N) is 1. The third-order valence-electron chi connectivity index (χ3n) is 4.02. The van der Waals surface area contributed by atoms with E-state index in [1.165, 1.54) is 0 Å². The van der Waals surface area contributed by atoms with E-state index < -0.39 is 0 Å². The topological polar surface area (TPSA) is 42.7 Å². The van der Waals surface area contributed by atoms with E-state index in [1.54, 1.807) is 12.0 Å². The number of alkyl halides is 1. The molecule has 1 amide bonds. The molecule has 112 valence electrons. The Morgan fingerprint density at radius 3 is 2.76 bits per heavy atom. The van der Waals surface area contributed by atoms with Crippen molar-refractivity contribution in [1.29, 1.82) is 0 Å². The van der Waals surface area contributed by atoms with E-state index >= 15 is 0 Å². The number of benzene rings is 1. The van der Waals surface area contributed by atoms with Crippen molar-refractivity contribution in [3.63, 3.8) is 0 Å². The van der Waals surface area contributed by atoms with E-state index in [0.29, 0.717) is 30.2 Å². The maximum Gasteiger partial charge on any atom is 0.289 e. The number of hydrogen-bond acceptors (Lipinski definition) is 3. The molecule has 0 unspecified atom stereocenters. The number of carbonyl (C=O) groups excluding carboxylic acids is 1. The average molecular weight is 291 g/mol. The predicted octanol–water partition coefficient (Wildman–Crippen LogP) is 3.10. The highest BCUT2D eigenvalue weighted by Gasteiger charge is 2.34. The normalized spacial score (nSPS) is 15.3. The largest absolute Gasteiger partial charge is 0.493 e. The summed E-state index contributed by atoms with van der Waals surface area (Å²) in [4.78, 5) is 14.1. The maximum absolute atomic E-state index is 12.5. The molecule has 0 saturated carbocycles. The fourth-order valence-electron chi connectivity index (χ4n) is 2.76. The van der Waals surface area contributed by atoms with Gasteiger partial charge in [0, 0.05) is 30.0 Å². The van der Waals surface area contributed by atoms with Crippen LogP contribution in [0, 0.1) is 19.8 Å². The van der Waals surface area contributed by atoms with Gasteiger partial charge >= 0.3 is 0 Å². The summed E-state index contributed by atoms with van der Waals surface area (Å²) >= 11 is 0. The molecule has 0 aliphatic carbocycles. The lowest BCUT2D eigenvalue weighted by atomic mass is 10.0. The molecule has 4 nitrogen and oxygen atoms in total. The van der Waals surface area contributed by atoms with Gasteiger partial charge in [0.1, 0.15) is 0 Å². The van der Waals surface area contributed by atoms with Gasteiger partial charge in [0.2, 0.25) is 0 Å².